The fourth-order valence-corrected chi connectivity index (χ4v) is 29.0. The van der Waals surface area contributed by atoms with Crippen molar-refractivity contribution in [1.82, 2.24) is 0 Å². The molecule has 21 saturated carbocycles. The highest BCUT2D eigenvalue weighted by molar-refractivity contribution is 5.04. The van der Waals surface area contributed by atoms with Crippen LogP contribution in [0, 0.1) is 172 Å². The molecular weight excluding hydrogens is 1190 g/mol. The first kappa shape index (κ1) is 84.6. The van der Waals surface area contributed by atoms with Crippen molar-refractivity contribution in [3.8, 4) is 0 Å². The van der Waals surface area contributed by atoms with Gasteiger partial charge in [0.1, 0.15) is 0 Å². The van der Waals surface area contributed by atoms with Crippen LogP contribution in [0.4, 0.5) is 0 Å². The maximum absolute atomic E-state index is 2.49. The molecule has 1 unspecified atom stereocenters. The van der Waals surface area contributed by atoms with Crippen LogP contribution in [0.1, 0.15) is 457 Å². The summed E-state index contributed by atoms with van der Waals surface area (Å²) in [7, 11) is 0. The molecule has 0 radical (unpaired) electrons. The molecular formula is C99H184. The van der Waals surface area contributed by atoms with E-state index in [0.717, 1.165) is 129 Å². The van der Waals surface area contributed by atoms with E-state index in [0.29, 0.717) is 43.3 Å². The topological polar surface area (TPSA) is 0 Å². The van der Waals surface area contributed by atoms with E-state index in [-0.39, 0.29) is 0 Å². The zero-order chi connectivity index (χ0) is 73.2. The highest BCUT2D eigenvalue weighted by atomic mass is 14.6. The lowest BCUT2D eigenvalue weighted by molar-refractivity contribution is -0.0545. The summed E-state index contributed by atoms with van der Waals surface area (Å²) in [6.45, 7) is 65.6. The number of rotatable bonds is 4. The molecule has 21 fully saturated rings. The lowest BCUT2D eigenvalue weighted by Gasteiger charge is -2.56. The molecule has 0 heteroatoms. The molecule has 21 aliphatic carbocycles. The van der Waals surface area contributed by atoms with Gasteiger partial charge in [0, 0.05) is 0 Å². The molecule has 21 aliphatic rings. The standard InChI is InChI=1S/C12H20.C12H22.2C12H24.C11H20.C11H22.2C10H18.C9H16/c1-2-12-6-9-3-10(7-12)5-11(4-9)8-12;1-11-5-9-12(10-6-11)7-3-2-4-8-12;1-9(2)10-11(3,4)7-8-12(10,5)6;1-7-12(6)8-10(2,3)11(4,5)9-12;1-8-9-4-6-10(7-5-9)11(8,2)3;1-6-9-7-10(2,3)11(4,5)8-9;1-8-7-9-3-5-10(8,2)6-4-9;1-7-8(2)10-5-3-9(7)4-6-10;1-7-6-8-2-4-9(7)5-3-8/h9-11H,2-8H2,1H3;11H,2-10H2,1H3;9-10H,7-8H2,1-6H3;7-9H2,1-6H3;8-10H,4-7H2,1-3H3;9H,6-8H2,1-5H3;8-9H,3-7H2,1-2H3;7-10H,3-6H2,1-2H3;7-9H,2-6H2,1H3/t;;;;8-,9?,10?;;8-,9?,10?;7-,8?,9?,10?;7-,8?,9?/m....1.000/s1. The summed E-state index contributed by atoms with van der Waals surface area (Å²) in [5.74, 6) is 20.0. The van der Waals surface area contributed by atoms with Crippen molar-refractivity contribution in [3.63, 3.8) is 0 Å². The minimum Gasteiger partial charge on any atom is -0.0651 e. The predicted octanol–water partition coefficient (Wildman–Crippen LogP) is 32.6. The molecule has 0 aromatic rings. The maximum atomic E-state index is 2.49. The van der Waals surface area contributed by atoms with Gasteiger partial charge in [-0.2, -0.15) is 0 Å². The summed E-state index contributed by atoms with van der Waals surface area (Å²) in [5.41, 5.74) is 6.99. The van der Waals surface area contributed by atoms with Gasteiger partial charge in [-0.3, -0.25) is 0 Å². The van der Waals surface area contributed by atoms with Crippen LogP contribution < -0.4 is 0 Å². The van der Waals surface area contributed by atoms with Gasteiger partial charge in [-0.1, -0.05) is 251 Å². The Morgan fingerprint density at radius 3 is 1.06 bits per heavy atom. The van der Waals surface area contributed by atoms with E-state index in [1.54, 1.807) is 96.3 Å². The minimum absolute atomic E-state index is 0.526. The third kappa shape index (κ3) is 20.9. The number of hydrogen-bond acceptors (Lipinski definition) is 0. The molecule has 580 valence electrons. The molecule has 1 spiro atoms. The molecule has 21 rings (SSSR count). The Balaban J connectivity index is 0.000000142. The van der Waals surface area contributed by atoms with Crippen molar-refractivity contribution >= 4 is 0 Å². The second-order valence-electron chi connectivity index (χ2n) is 47.3. The van der Waals surface area contributed by atoms with E-state index in [1.807, 2.05) is 0 Å². The second kappa shape index (κ2) is 33.9. The van der Waals surface area contributed by atoms with Gasteiger partial charge in [0.05, 0.1) is 0 Å². The lowest BCUT2D eigenvalue weighted by atomic mass is 9.49. The van der Waals surface area contributed by atoms with Crippen molar-refractivity contribution in [2.75, 3.05) is 0 Å². The first-order chi connectivity index (χ1) is 46.0. The third-order valence-corrected chi connectivity index (χ3v) is 37.7. The van der Waals surface area contributed by atoms with E-state index in [2.05, 4.69) is 187 Å². The van der Waals surface area contributed by atoms with E-state index >= 15 is 0 Å². The molecule has 0 heterocycles. The van der Waals surface area contributed by atoms with Gasteiger partial charge in [-0.05, 0) is 377 Å². The van der Waals surface area contributed by atoms with Gasteiger partial charge in [-0.15, -0.1) is 0 Å². The van der Waals surface area contributed by atoms with E-state index in [4.69, 9.17) is 0 Å². The lowest BCUT2D eigenvalue weighted by Crippen LogP contribution is -2.45. The number of fused-ring (bicyclic) bond motifs is 12. The second-order valence-corrected chi connectivity index (χ2v) is 47.3. The van der Waals surface area contributed by atoms with Crippen LogP contribution in [-0.2, 0) is 0 Å². The number of hydrogen-bond donors (Lipinski definition) is 0. The van der Waals surface area contributed by atoms with Crippen molar-refractivity contribution in [3.05, 3.63) is 0 Å². The molecule has 99 heavy (non-hydrogen) atoms. The van der Waals surface area contributed by atoms with Crippen LogP contribution in [0.25, 0.3) is 0 Å². The van der Waals surface area contributed by atoms with E-state index in [9.17, 15) is 0 Å². The summed E-state index contributed by atoms with van der Waals surface area (Å²) < 4.78 is 0. The highest BCUT2D eigenvalue weighted by Crippen LogP contribution is 2.64. The van der Waals surface area contributed by atoms with Crippen LogP contribution in [0.3, 0.4) is 0 Å². The largest absolute Gasteiger partial charge is 0.0651 e. The van der Waals surface area contributed by atoms with Crippen molar-refractivity contribution in [2.45, 2.75) is 457 Å². The molecule has 0 aliphatic heterocycles. The van der Waals surface area contributed by atoms with E-state index < -0.39 is 0 Å². The Hall–Kier alpha value is 0. The molecule has 5 atom stereocenters. The molecule has 0 aromatic carbocycles. The van der Waals surface area contributed by atoms with Gasteiger partial charge >= 0.3 is 0 Å². The Kier molecular flexibility index (Phi) is 28.9. The van der Waals surface area contributed by atoms with Gasteiger partial charge in [0.2, 0.25) is 0 Å². The van der Waals surface area contributed by atoms with Crippen LogP contribution in [0.2, 0.25) is 0 Å². The van der Waals surface area contributed by atoms with Crippen LogP contribution >= 0.6 is 0 Å². The SMILES string of the molecule is CC(C)C1C(C)(C)CCC1(C)C.CC1C2CCC(CC2)[C@H]1C.CC1CCC2(CCCCC2)CC1.CCC1(C)CC(C)(C)C(C)(C)C1.CCC12CC3CC(CC(C3)C1)C2.CCC1CC(C)(C)C(C)(C)C1.C[C@@H]1C2CCC(CC2)C1(C)C.C[C@H]1CC2CCC1(C)CC2.C[C@H]1CC2CCC1CC2. The third-order valence-electron chi connectivity index (χ3n) is 37.7. The van der Waals surface area contributed by atoms with Crippen molar-refractivity contribution in [1.29, 1.82) is 0 Å². The van der Waals surface area contributed by atoms with E-state index in [1.165, 1.54) is 173 Å². The normalized spacial score (nSPS) is 41.5. The van der Waals surface area contributed by atoms with Crippen LogP contribution in [0.5, 0.6) is 0 Å². The Bertz CT molecular complexity index is 2240. The first-order valence-corrected chi connectivity index (χ1v) is 46.0. The maximum Gasteiger partial charge on any atom is -0.0288 e. The zero-order valence-corrected chi connectivity index (χ0v) is 73.2. The van der Waals surface area contributed by atoms with Gasteiger partial charge in [0.15, 0.2) is 0 Å². The fourth-order valence-electron chi connectivity index (χ4n) is 29.0. The molecule has 0 nitrogen and oxygen atoms in total. The first-order valence-electron chi connectivity index (χ1n) is 46.0. The van der Waals surface area contributed by atoms with Crippen LogP contribution in [0.15, 0.2) is 0 Å². The molecule has 0 amide bonds. The minimum atomic E-state index is 0.526. The summed E-state index contributed by atoms with van der Waals surface area (Å²) >= 11 is 0. The van der Waals surface area contributed by atoms with Gasteiger partial charge in [0.25, 0.3) is 0 Å². The summed E-state index contributed by atoms with van der Waals surface area (Å²) in [4.78, 5) is 0. The molecule has 0 saturated heterocycles. The van der Waals surface area contributed by atoms with Gasteiger partial charge < -0.3 is 0 Å². The molecule has 12 bridgehead atoms. The highest BCUT2D eigenvalue weighted by Gasteiger charge is 2.53. The van der Waals surface area contributed by atoms with Crippen molar-refractivity contribution < 1.29 is 0 Å². The smallest absolute Gasteiger partial charge is 0.0288 e. The fraction of sp³-hybridized carbons (Fsp3) is 1.00. The Morgan fingerprint density at radius 2 is 0.788 bits per heavy atom. The Labute approximate surface area is 624 Å². The quantitative estimate of drug-likeness (QED) is 0.263. The summed E-state index contributed by atoms with van der Waals surface area (Å²) in [6, 6.07) is 0. The average molecular weight is 1370 g/mol. The monoisotopic (exact) mass is 1370 g/mol. The summed E-state index contributed by atoms with van der Waals surface area (Å²) in [6.07, 6.45) is 63.6. The van der Waals surface area contributed by atoms with Crippen LogP contribution in [-0.4, -0.2) is 0 Å². The van der Waals surface area contributed by atoms with Crippen molar-refractivity contribution in [2.24, 2.45) is 172 Å². The Morgan fingerprint density at radius 1 is 0.364 bits per heavy atom. The average Bonchev–Trinajstić information content (AvgIpc) is 1.76. The summed E-state index contributed by atoms with van der Waals surface area (Å²) in [5, 5.41) is 0. The van der Waals surface area contributed by atoms with Gasteiger partial charge in [-0.25, -0.2) is 0 Å². The molecule has 0 aromatic heterocycles. The predicted molar refractivity (Wildman–Crippen MR) is 440 cm³/mol. The zero-order valence-electron chi connectivity index (χ0n) is 73.2. The molecule has 0 N–H and O–H groups in total.